The molecule has 8 nitrogen and oxygen atoms in total. The van der Waals surface area contributed by atoms with Gasteiger partial charge in [-0.3, -0.25) is 4.90 Å². The third-order valence-electron chi connectivity index (χ3n) is 10.5. The van der Waals surface area contributed by atoms with E-state index in [0.717, 1.165) is 37.8 Å². The van der Waals surface area contributed by atoms with E-state index < -0.39 is 29.1 Å². The van der Waals surface area contributed by atoms with Crippen LogP contribution in [0.2, 0.25) is 0 Å². The van der Waals surface area contributed by atoms with Gasteiger partial charge in [-0.15, -0.1) is 0 Å². The molecule has 2 N–H and O–H groups in total. The Balaban J connectivity index is 1.30. The molecule has 0 spiro atoms. The number of halogens is 3. The van der Waals surface area contributed by atoms with Crippen LogP contribution in [0, 0.1) is 18.6 Å². The molecule has 0 amide bonds. The third-order valence-corrected chi connectivity index (χ3v) is 10.5. The van der Waals surface area contributed by atoms with E-state index >= 15 is 8.78 Å². The van der Waals surface area contributed by atoms with Crippen LogP contribution in [0.3, 0.4) is 0 Å². The van der Waals surface area contributed by atoms with Gasteiger partial charge in [-0.25, -0.2) is 18.2 Å². The van der Waals surface area contributed by atoms with Crippen LogP contribution in [0.5, 0.6) is 11.8 Å². The number of alkyl halides is 1. The summed E-state index contributed by atoms with van der Waals surface area (Å²) in [6.07, 6.45) is 4.01. The number of aryl methyl sites for hydroxylation is 2. The predicted octanol–water partition coefficient (Wildman–Crippen LogP) is 5.60. The lowest BCUT2D eigenvalue weighted by atomic mass is 9.94. The van der Waals surface area contributed by atoms with Gasteiger partial charge < -0.3 is 20.1 Å². The highest BCUT2D eigenvalue weighted by atomic mass is 19.1. The highest BCUT2D eigenvalue weighted by Crippen LogP contribution is 2.43. The maximum Gasteiger partial charge on any atom is 0.319 e. The highest BCUT2D eigenvalue weighted by molar-refractivity contribution is 6.02. The van der Waals surface area contributed by atoms with E-state index in [-0.39, 0.29) is 29.2 Å². The van der Waals surface area contributed by atoms with Crippen molar-refractivity contribution in [3.63, 3.8) is 0 Å². The number of hydrogen-bond donors (Lipinski definition) is 2. The van der Waals surface area contributed by atoms with Gasteiger partial charge in [-0.2, -0.15) is 9.97 Å². The van der Waals surface area contributed by atoms with Gasteiger partial charge in [0.15, 0.2) is 17.4 Å². The molecule has 2 unspecified atom stereocenters. The van der Waals surface area contributed by atoms with Crippen molar-refractivity contribution in [1.29, 1.82) is 0 Å². The number of aromatic nitrogens is 3. The molecule has 6 heterocycles. The first kappa shape index (κ1) is 28.8. The molecule has 0 aliphatic carbocycles. The molecule has 4 fully saturated rings. The van der Waals surface area contributed by atoms with Crippen molar-refractivity contribution in [3.05, 3.63) is 47.2 Å². The van der Waals surface area contributed by atoms with Gasteiger partial charge in [-0.05, 0) is 62.6 Å². The van der Waals surface area contributed by atoms with Crippen LogP contribution < -0.4 is 15.0 Å². The van der Waals surface area contributed by atoms with Gasteiger partial charge in [-0.1, -0.05) is 25.1 Å². The fourth-order valence-corrected chi connectivity index (χ4v) is 8.39. The number of phenols is 1. The molecule has 11 heteroatoms. The zero-order chi connectivity index (χ0) is 31.0. The molecule has 0 radical (unpaired) electrons. The third kappa shape index (κ3) is 4.61. The normalized spacial score (nSPS) is 26.3. The summed E-state index contributed by atoms with van der Waals surface area (Å²) in [7, 11) is 0. The summed E-state index contributed by atoms with van der Waals surface area (Å²) in [5, 5.41) is 15.4. The van der Waals surface area contributed by atoms with Crippen LogP contribution >= 0.6 is 0 Å². The van der Waals surface area contributed by atoms with Crippen LogP contribution in [-0.4, -0.2) is 81.5 Å². The number of phenolic OH excluding ortho intramolecular Hbond substituents is 1. The monoisotopic (exact) mass is 618 g/mol. The number of pyridine rings is 1. The number of benzene rings is 2. The fraction of sp³-hybridized carbons (Fsp3) is 0.500. The molecule has 2 aromatic heterocycles. The summed E-state index contributed by atoms with van der Waals surface area (Å²) < 4.78 is 52.8. The Bertz CT molecular complexity index is 1830. The van der Waals surface area contributed by atoms with Crippen LogP contribution in [0.15, 0.2) is 24.3 Å². The Kier molecular flexibility index (Phi) is 6.83. The summed E-state index contributed by atoms with van der Waals surface area (Å²) >= 11 is 0. The van der Waals surface area contributed by atoms with Crippen molar-refractivity contribution >= 4 is 27.5 Å². The van der Waals surface area contributed by atoms with E-state index in [2.05, 4.69) is 20.1 Å². The van der Waals surface area contributed by atoms with Crippen molar-refractivity contribution in [2.24, 2.45) is 0 Å². The van der Waals surface area contributed by atoms with Crippen LogP contribution in [0.4, 0.5) is 19.0 Å². The number of anilines is 1. The second-order valence-corrected chi connectivity index (χ2v) is 13.3. The van der Waals surface area contributed by atoms with Gasteiger partial charge in [0, 0.05) is 49.1 Å². The molecule has 4 atom stereocenters. The number of ether oxygens (including phenoxy) is 1. The molecule has 4 aliphatic heterocycles. The largest absolute Gasteiger partial charge is 0.505 e. The Labute approximate surface area is 259 Å². The standard InChI is InChI=1S/C34H37F3N6O2/c1-3-19-6-4-7-23-27(19)24(12-25(44)28(23)36)30-29(37)31-26(18(2)38-30)32(42-15-21-8-9-22(16-42)39-21)41-33(40-31)45-17-34-10-5-11-43(34)14-20(35)13-34/h4,6-7,12,20-22,39,44H,3,5,8-11,13-17H2,1-2H3/t20-,21?,22?,34+/m1/s1. The number of aromatic hydroxyl groups is 1. The summed E-state index contributed by atoms with van der Waals surface area (Å²) in [6, 6.07) is 7.10. The minimum absolute atomic E-state index is 0.0196. The van der Waals surface area contributed by atoms with Gasteiger partial charge in [0.25, 0.3) is 0 Å². The van der Waals surface area contributed by atoms with Crippen molar-refractivity contribution in [1.82, 2.24) is 25.2 Å². The van der Waals surface area contributed by atoms with Crippen LogP contribution in [0.25, 0.3) is 32.9 Å². The molecule has 8 rings (SSSR count). The summed E-state index contributed by atoms with van der Waals surface area (Å²) in [6.45, 7) is 6.63. The summed E-state index contributed by atoms with van der Waals surface area (Å²) in [5.41, 5.74) is 1.26. The first-order valence-corrected chi connectivity index (χ1v) is 16.1. The number of fused-ring (bicyclic) bond motifs is 5. The number of piperazine rings is 1. The molecule has 4 saturated heterocycles. The molecular weight excluding hydrogens is 581 g/mol. The van der Waals surface area contributed by atoms with Crippen molar-refractivity contribution in [2.45, 2.75) is 76.2 Å². The number of rotatable bonds is 6. The quantitative estimate of drug-likeness (QED) is 0.289. The molecule has 2 aromatic carbocycles. The summed E-state index contributed by atoms with van der Waals surface area (Å²) in [4.78, 5) is 18.6. The minimum atomic E-state index is -0.901. The zero-order valence-corrected chi connectivity index (χ0v) is 25.5. The molecule has 236 valence electrons. The predicted molar refractivity (Wildman–Crippen MR) is 167 cm³/mol. The van der Waals surface area contributed by atoms with E-state index in [9.17, 15) is 9.50 Å². The van der Waals surface area contributed by atoms with E-state index in [1.807, 2.05) is 13.0 Å². The Morgan fingerprint density at radius 1 is 1.07 bits per heavy atom. The SMILES string of the molecule is CCc1cccc2c(F)c(O)cc(-c3nc(C)c4c(N5CC6CCC(C5)N6)nc(OC[C@@]56CCCN5C[C@H](F)C6)nc4c3F)c12. The van der Waals surface area contributed by atoms with Gasteiger partial charge >= 0.3 is 6.01 Å². The molecule has 4 aromatic rings. The first-order valence-electron chi connectivity index (χ1n) is 16.1. The Morgan fingerprint density at radius 3 is 2.64 bits per heavy atom. The van der Waals surface area contributed by atoms with Gasteiger partial charge in [0.05, 0.1) is 16.6 Å². The van der Waals surface area contributed by atoms with Crippen molar-refractivity contribution in [2.75, 3.05) is 37.7 Å². The van der Waals surface area contributed by atoms with Crippen LogP contribution in [0.1, 0.15) is 50.3 Å². The van der Waals surface area contributed by atoms with Crippen molar-refractivity contribution < 1.29 is 23.0 Å². The number of nitrogens with one attached hydrogen (secondary N) is 1. The zero-order valence-electron chi connectivity index (χ0n) is 25.5. The first-order chi connectivity index (χ1) is 21.7. The fourth-order valence-electron chi connectivity index (χ4n) is 8.39. The molecule has 0 saturated carbocycles. The van der Waals surface area contributed by atoms with Gasteiger partial charge in [0.2, 0.25) is 0 Å². The number of nitrogens with zero attached hydrogens (tertiary/aromatic N) is 5. The van der Waals surface area contributed by atoms with Crippen LogP contribution in [-0.2, 0) is 6.42 Å². The van der Waals surface area contributed by atoms with E-state index in [1.165, 1.54) is 6.07 Å². The van der Waals surface area contributed by atoms with E-state index in [1.54, 1.807) is 19.1 Å². The minimum Gasteiger partial charge on any atom is -0.505 e. The van der Waals surface area contributed by atoms with E-state index in [0.29, 0.717) is 72.4 Å². The molecule has 2 bridgehead atoms. The molecule has 45 heavy (non-hydrogen) atoms. The maximum absolute atomic E-state index is 17.0. The van der Waals surface area contributed by atoms with Crippen molar-refractivity contribution in [3.8, 4) is 23.0 Å². The van der Waals surface area contributed by atoms with E-state index in [4.69, 9.17) is 14.7 Å². The second-order valence-electron chi connectivity index (χ2n) is 13.3. The average molecular weight is 619 g/mol. The highest BCUT2D eigenvalue weighted by Gasteiger charge is 2.49. The van der Waals surface area contributed by atoms with Gasteiger partial charge in [0.1, 0.15) is 29.8 Å². The molecule has 4 aliphatic rings. The Hall–Kier alpha value is -3.70. The topological polar surface area (TPSA) is 86.6 Å². The maximum atomic E-state index is 17.0. The second kappa shape index (κ2) is 10.7. The summed E-state index contributed by atoms with van der Waals surface area (Å²) in [5.74, 6) is -1.44. The average Bonchev–Trinajstić information content (AvgIpc) is 3.69. The lowest BCUT2D eigenvalue weighted by molar-refractivity contribution is 0.107. The molecular formula is C34H37F3N6O2. The Morgan fingerprint density at radius 2 is 1.87 bits per heavy atom. The smallest absolute Gasteiger partial charge is 0.319 e. The number of hydrogen-bond acceptors (Lipinski definition) is 8. The lowest BCUT2D eigenvalue weighted by Crippen LogP contribution is -2.51. The lowest BCUT2D eigenvalue weighted by Gasteiger charge is -2.35.